The lowest BCUT2D eigenvalue weighted by atomic mass is 10.1. The molecule has 1 atom stereocenters. The minimum absolute atomic E-state index is 0.0167. The number of carbonyl (C=O) groups is 1. The second-order valence-electron chi connectivity index (χ2n) is 7.17. The van der Waals surface area contributed by atoms with Crippen LogP contribution in [0.4, 0.5) is 4.79 Å². The molecule has 1 N–H and O–H groups in total. The number of nitrogens with one attached hydrogen (secondary N) is 1. The number of nitrogens with zero attached hydrogens (tertiary/aromatic N) is 1. The molecule has 0 radical (unpaired) electrons. The molecule has 0 saturated carbocycles. The van der Waals surface area contributed by atoms with Crippen LogP contribution in [0.25, 0.3) is 0 Å². The highest BCUT2D eigenvalue weighted by Crippen LogP contribution is 2.26. The third-order valence-electron chi connectivity index (χ3n) is 4.94. The predicted molar refractivity (Wildman–Crippen MR) is 116 cm³/mol. The van der Waals surface area contributed by atoms with E-state index >= 15 is 0 Å². The van der Waals surface area contributed by atoms with Crippen molar-refractivity contribution in [1.29, 1.82) is 0 Å². The molecule has 0 aliphatic carbocycles. The normalized spacial score (nSPS) is 16.0. The molecule has 168 valence electrons. The van der Waals surface area contributed by atoms with Crippen molar-refractivity contribution in [3.05, 3.63) is 54.1 Å². The summed E-state index contributed by atoms with van der Waals surface area (Å²) in [6, 6.07) is 12.5. The van der Waals surface area contributed by atoms with Gasteiger partial charge in [0.25, 0.3) is 0 Å². The SMILES string of the molecule is CCNC(=O)N(Cc1ccccc1OS(=O)(=O)c1ccc(OC)cc1)C[C@@H]1CCCO1. The molecule has 8 nitrogen and oxygen atoms in total. The number of hydrogen-bond donors (Lipinski definition) is 1. The number of ether oxygens (including phenoxy) is 2. The molecule has 0 spiro atoms. The maximum absolute atomic E-state index is 12.8. The zero-order chi connectivity index (χ0) is 22.3. The Morgan fingerprint density at radius 3 is 2.58 bits per heavy atom. The first-order valence-corrected chi connectivity index (χ1v) is 11.6. The summed E-state index contributed by atoms with van der Waals surface area (Å²) >= 11 is 0. The van der Waals surface area contributed by atoms with E-state index in [0.717, 1.165) is 12.8 Å². The van der Waals surface area contributed by atoms with E-state index in [1.807, 2.05) is 6.92 Å². The number of benzene rings is 2. The highest BCUT2D eigenvalue weighted by molar-refractivity contribution is 7.87. The zero-order valence-corrected chi connectivity index (χ0v) is 18.6. The van der Waals surface area contributed by atoms with E-state index in [1.54, 1.807) is 41.3 Å². The number of hydrogen-bond acceptors (Lipinski definition) is 6. The first kappa shape index (κ1) is 22.9. The molecule has 1 fully saturated rings. The maximum Gasteiger partial charge on any atom is 0.339 e. The van der Waals surface area contributed by atoms with Gasteiger partial charge in [0.05, 0.1) is 19.8 Å². The molecule has 2 aromatic rings. The van der Waals surface area contributed by atoms with E-state index in [2.05, 4.69) is 5.32 Å². The predicted octanol–water partition coefficient (Wildman–Crippen LogP) is 3.17. The van der Waals surface area contributed by atoms with E-state index in [-0.39, 0.29) is 29.3 Å². The minimum Gasteiger partial charge on any atom is -0.497 e. The van der Waals surface area contributed by atoms with Crippen molar-refractivity contribution in [1.82, 2.24) is 10.2 Å². The van der Waals surface area contributed by atoms with Gasteiger partial charge in [0.1, 0.15) is 16.4 Å². The monoisotopic (exact) mass is 448 g/mol. The van der Waals surface area contributed by atoms with Crippen LogP contribution in [0.5, 0.6) is 11.5 Å². The van der Waals surface area contributed by atoms with Crippen LogP contribution in [-0.4, -0.2) is 52.3 Å². The van der Waals surface area contributed by atoms with Crippen molar-refractivity contribution in [2.75, 3.05) is 26.8 Å². The van der Waals surface area contributed by atoms with Gasteiger partial charge < -0.3 is 23.9 Å². The van der Waals surface area contributed by atoms with Gasteiger partial charge in [-0.3, -0.25) is 0 Å². The Kier molecular flexibility index (Phi) is 7.75. The number of amides is 2. The van der Waals surface area contributed by atoms with Crippen LogP contribution in [0.2, 0.25) is 0 Å². The molecule has 0 unspecified atom stereocenters. The Labute approximate surface area is 183 Å². The lowest BCUT2D eigenvalue weighted by Gasteiger charge is -2.26. The van der Waals surface area contributed by atoms with Crippen LogP contribution >= 0.6 is 0 Å². The molecular weight excluding hydrogens is 420 g/mol. The number of urea groups is 1. The highest BCUT2D eigenvalue weighted by Gasteiger charge is 2.25. The summed E-state index contributed by atoms with van der Waals surface area (Å²) in [6.45, 7) is 3.64. The molecular formula is C22H28N2O6S. The van der Waals surface area contributed by atoms with Crippen LogP contribution < -0.4 is 14.2 Å². The Bertz CT molecular complexity index is 972. The van der Waals surface area contributed by atoms with Gasteiger partial charge in [0.2, 0.25) is 0 Å². The third kappa shape index (κ3) is 6.11. The van der Waals surface area contributed by atoms with Gasteiger partial charge >= 0.3 is 16.1 Å². The van der Waals surface area contributed by atoms with Gasteiger partial charge in [-0.25, -0.2) is 4.79 Å². The summed E-state index contributed by atoms with van der Waals surface area (Å²) in [5.74, 6) is 0.728. The lowest BCUT2D eigenvalue weighted by molar-refractivity contribution is 0.0794. The van der Waals surface area contributed by atoms with Crippen molar-refractivity contribution >= 4 is 16.1 Å². The van der Waals surface area contributed by atoms with Crippen LogP contribution in [0.3, 0.4) is 0 Å². The topological polar surface area (TPSA) is 94.2 Å². The smallest absolute Gasteiger partial charge is 0.339 e. The summed E-state index contributed by atoms with van der Waals surface area (Å²) in [5, 5.41) is 2.80. The van der Waals surface area contributed by atoms with E-state index in [4.69, 9.17) is 13.7 Å². The van der Waals surface area contributed by atoms with Crippen molar-refractivity contribution in [2.24, 2.45) is 0 Å². The summed E-state index contributed by atoms with van der Waals surface area (Å²) in [4.78, 5) is 14.2. The van der Waals surface area contributed by atoms with E-state index < -0.39 is 10.1 Å². The molecule has 1 saturated heterocycles. The summed E-state index contributed by atoms with van der Waals surface area (Å²) < 4.78 is 41.8. The average molecular weight is 449 g/mol. The molecule has 1 aliphatic rings. The average Bonchev–Trinajstić information content (AvgIpc) is 3.28. The van der Waals surface area contributed by atoms with Gasteiger partial charge in [0, 0.05) is 25.3 Å². The minimum atomic E-state index is -4.05. The molecule has 1 aliphatic heterocycles. The summed E-state index contributed by atoms with van der Waals surface area (Å²) in [7, 11) is -2.54. The van der Waals surface area contributed by atoms with Crippen molar-refractivity contribution < 1.29 is 26.9 Å². The molecule has 2 amide bonds. The zero-order valence-electron chi connectivity index (χ0n) is 17.7. The second kappa shape index (κ2) is 10.5. The third-order valence-corrected chi connectivity index (χ3v) is 6.19. The maximum atomic E-state index is 12.8. The van der Waals surface area contributed by atoms with Gasteiger partial charge in [-0.2, -0.15) is 8.42 Å². The molecule has 2 aromatic carbocycles. The largest absolute Gasteiger partial charge is 0.497 e. The van der Waals surface area contributed by atoms with Gasteiger partial charge in [-0.1, -0.05) is 18.2 Å². The first-order valence-electron chi connectivity index (χ1n) is 10.2. The van der Waals surface area contributed by atoms with E-state index in [0.29, 0.717) is 31.0 Å². The fourth-order valence-corrected chi connectivity index (χ4v) is 4.31. The number of rotatable bonds is 9. The number of para-hydroxylation sites is 1. The standard InChI is InChI=1S/C22H28N2O6S/c1-3-23-22(25)24(16-19-8-6-14-29-19)15-17-7-4-5-9-21(17)30-31(26,27)20-12-10-18(28-2)11-13-20/h4-5,7,9-13,19H,3,6,8,14-16H2,1-2H3,(H,23,25)/t19-/m0/s1. The molecule has 3 rings (SSSR count). The summed E-state index contributed by atoms with van der Waals surface area (Å²) in [5.41, 5.74) is 0.587. The van der Waals surface area contributed by atoms with E-state index in [9.17, 15) is 13.2 Å². The summed E-state index contributed by atoms with van der Waals surface area (Å²) in [6.07, 6.45) is 1.83. The first-order chi connectivity index (χ1) is 14.9. The Morgan fingerprint density at radius 1 is 1.19 bits per heavy atom. The Hall–Kier alpha value is -2.78. The van der Waals surface area contributed by atoms with Crippen molar-refractivity contribution in [2.45, 2.75) is 37.3 Å². The Balaban J connectivity index is 1.80. The van der Waals surface area contributed by atoms with Crippen LogP contribution in [0.1, 0.15) is 25.3 Å². The van der Waals surface area contributed by atoms with Gasteiger partial charge in [-0.15, -0.1) is 0 Å². The highest BCUT2D eigenvalue weighted by atomic mass is 32.2. The van der Waals surface area contributed by atoms with Crippen LogP contribution in [0, 0.1) is 0 Å². The van der Waals surface area contributed by atoms with Crippen LogP contribution in [0.15, 0.2) is 53.4 Å². The van der Waals surface area contributed by atoms with Gasteiger partial charge in [0.15, 0.2) is 0 Å². The van der Waals surface area contributed by atoms with Crippen molar-refractivity contribution in [3.8, 4) is 11.5 Å². The van der Waals surface area contributed by atoms with Crippen LogP contribution in [-0.2, 0) is 21.4 Å². The Morgan fingerprint density at radius 2 is 1.94 bits per heavy atom. The molecule has 0 bridgehead atoms. The second-order valence-corrected chi connectivity index (χ2v) is 8.72. The molecule has 0 aromatic heterocycles. The number of carbonyl (C=O) groups excluding carboxylic acids is 1. The van der Waals surface area contributed by atoms with Crippen molar-refractivity contribution in [3.63, 3.8) is 0 Å². The molecule has 9 heteroatoms. The fraction of sp³-hybridized carbons (Fsp3) is 0.409. The lowest BCUT2D eigenvalue weighted by Crippen LogP contribution is -2.43. The van der Waals surface area contributed by atoms with Gasteiger partial charge in [-0.05, 0) is 50.1 Å². The molecule has 31 heavy (non-hydrogen) atoms. The quantitative estimate of drug-likeness (QED) is 0.592. The number of methoxy groups -OCH3 is 1. The molecule has 1 heterocycles. The van der Waals surface area contributed by atoms with E-state index in [1.165, 1.54) is 19.2 Å². The fourth-order valence-electron chi connectivity index (χ4n) is 3.35.